The molecule has 0 heterocycles. The lowest BCUT2D eigenvalue weighted by atomic mass is 9.48. The Balaban J connectivity index is 1.69. The summed E-state index contributed by atoms with van der Waals surface area (Å²) < 4.78 is 5.53. The van der Waals surface area contributed by atoms with E-state index in [4.69, 9.17) is 4.74 Å². The van der Waals surface area contributed by atoms with Gasteiger partial charge in [-0.05, 0) is 68.1 Å². The minimum atomic E-state index is -0.140. The summed E-state index contributed by atoms with van der Waals surface area (Å²) in [6.45, 7) is 4.76. The molecule has 122 valence electrons. The highest BCUT2D eigenvalue weighted by atomic mass is 16.5. The minimum absolute atomic E-state index is 0.113. The molecule has 2 heteroatoms. The van der Waals surface area contributed by atoms with Gasteiger partial charge in [0.1, 0.15) is 6.10 Å². The smallest absolute Gasteiger partial charge is 0.167 e. The van der Waals surface area contributed by atoms with Gasteiger partial charge in [0.15, 0.2) is 5.78 Å². The van der Waals surface area contributed by atoms with E-state index in [2.05, 4.69) is 19.9 Å². The van der Waals surface area contributed by atoms with Crippen LogP contribution in [-0.2, 0) is 9.53 Å². The lowest BCUT2D eigenvalue weighted by Crippen LogP contribution is -2.49. The number of ether oxygens (including phenoxy) is 1. The fourth-order valence-corrected chi connectivity index (χ4v) is 6.67. The molecule has 3 fully saturated rings. The number of Topliss-reactive ketones (excluding diaryl/α,β-unsaturated/α-hetero) is 1. The Bertz CT molecular complexity index is 522. The third-order valence-electron chi connectivity index (χ3n) is 8.02. The van der Waals surface area contributed by atoms with Gasteiger partial charge in [-0.25, -0.2) is 0 Å². The van der Waals surface area contributed by atoms with Crippen molar-refractivity contribution in [2.24, 2.45) is 28.6 Å². The van der Waals surface area contributed by atoms with E-state index in [9.17, 15) is 4.79 Å². The maximum absolute atomic E-state index is 12.8. The van der Waals surface area contributed by atoms with Crippen LogP contribution in [0.25, 0.3) is 0 Å². The topological polar surface area (TPSA) is 26.3 Å². The maximum Gasteiger partial charge on any atom is 0.167 e. The van der Waals surface area contributed by atoms with Crippen LogP contribution >= 0.6 is 0 Å². The van der Waals surface area contributed by atoms with Crippen molar-refractivity contribution in [3.05, 3.63) is 11.6 Å². The molecule has 0 spiro atoms. The Morgan fingerprint density at radius 2 is 1.95 bits per heavy atom. The van der Waals surface area contributed by atoms with Crippen molar-refractivity contribution in [1.29, 1.82) is 0 Å². The number of fused-ring (bicyclic) bond motifs is 5. The highest BCUT2D eigenvalue weighted by molar-refractivity contribution is 5.91. The maximum atomic E-state index is 12.8. The number of hydrogen-bond acceptors (Lipinski definition) is 2. The first kappa shape index (κ1) is 14.9. The zero-order chi connectivity index (χ0) is 15.5. The fourth-order valence-electron chi connectivity index (χ4n) is 6.67. The Morgan fingerprint density at radius 3 is 2.73 bits per heavy atom. The number of ketones is 1. The second-order valence-electron chi connectivity index (χ2n) is 8.75. The first-order valence-electron chi connectivity index (χ1n) is 9.27. The summed E-state index contributed by atoms with van der Waals surface area (Å²) >= 11 is 0. The summed E-state index contributed by atoms with van der Waals surface area (Å²) in [5.41, 5.74) is 2.06. The molecule has 0 N–H and O–H groups in total. The lowest BCUT2D eigenvalue weighted by Gasteiger charge is -2.56. The van der Waals surface area contributed by atoms with E-state index in [0.29, 0.717) is 23.0 Å². The van der Waals surface area contributed by atoms with E-state index in [1.54, 1.807) is 12.7 Å². The van der Waals surface area contributed by atoms with Crippen molar-refractivity contribution in [1.82, 2.24) is 0 Å². The molecular formula is C20H30O2. The Hall–Kier alpha value is -0.630. The Morgan fingerprint density at radius 1 is 1.14 bits per heavy atom. The SMILES string of the molecule is CO[C@@H]1C[C@H]2[C@@H]3CC=C4CCCC[C@]4(C)[C@H]3CC[C@]2(C)C1=O. The van der Waals surface area contributed by atoms with Gasteiger partial charge in [-0.15, -0.1) is 0 Å². The predicted octanol–water partition coefficient (Wildman–Crippen LogP) is 4.53. The van der Waals surface area contributed by atoms with Crippen LogP contribution in [0.3, 0.4) is 0 Å². The highest BCUT2D eigenvalue weighted by Crippen LogP contribution is 2.64. The summed E-state index contributed by atoms with van der Waals surface area (Å²) in [7, 11) is 1.71. The first-order chi connectivity index (χ1) is 10.5. The number of allylic oxidation sites excluding steroid dienone is 2. The van der Waals surface area contributed by atoms with Crippen LogP contribution in [0.4, 0.5) is 0 Å². The molecule has 0 amide bonds. The summed E-state index contributed by atoms with van der Waals surface area (Å²) in [4.78, 5) is 12.8. The average Bonchev–Trinajstić information content (AvgIpc) is 2.78. The molecule has 4 aliphatic rings. The van der Waals surface area contributed by atoms with Crippen LogP contribution in [0.15, 0.2) is 11.6 Å². The molecule has 2 nitrogen and oxygen atoms in total. The van der Waals surface area contributed by atoms with E-state index in [1.165, 1.54) is 38.5 Å². The van der Waals surface area contributed by atoms with Gasteiger partial charge < -0.3 is 4.74 Å². The van der Waals surface area contributed by atoms with Crippen molar-refractivity contribution >= 4 is 5.78 Å². The van der Waals surface area contributed by atoms with E-state index in [0.717, 1.165) is 18.8 Å². The third kappa shape index (κ3) is 1.79. The van der Waals surface area contributed by atoms with Crippen molar-refractivity contribution in [3.63, 3.8) is 0 Å². The van der Waals surface area contributed by atoms with Crippen LogP contribution in [0.5, 0.6) is 0 Å². The molecular weight excluding hydrogens is 272 g/mol. The number of rotatable bonds is 1. The molecule has 0 unspecified atom stereocenters. The molecule has 6 atom stereocenters. The molecule has 0 aromatic rings. The summed E-state index contributed by atoms with van der Waals surface area (Å²) in [5.74, 6) is 2.44. The van der Waals surface area contributed by atoms with Gasteiger partial charge in [-0.1, -0.05) is 31.9 Å². The molecule has 0 saturated heterocycles. The standard InChI is InChI=1S/C20H30O2/c1-19-10-5-4-6-13(19)7-8-14-15(19)9-11-20(2)16(14)12-17(22-3)18(20)21/h7,14-17H,4-6,8-12H2,1-3H3/t14-,15+,16+,17-,19+,20+/m1/s1. The Kier molecular flexibility index (Phi) is 3.35. The van der Waals surface area contributed by atoms with Crippen LogP contribution in [0.1, 0.15) is 65.2 Å². The monoisotopic (exact) mass is 302 g/mol. The van der Waals surface area contributed by atoms with Gasteiger partial charge in [-0.3, -0.25) is 4.79 Å². The molecule has 4 rings (SSSR count). The van der Waals surface area contributed by atoms with Crippen molar-refractivity contribution in [3.8, 4) is 0 Å². The normalized spacial score (nSPS) is 50.9. The number of hydrogen-bond donors (Lipinski definition) is 0. The fraction of sp³-hybridized carbons (Fsp3) is 0.850. The summed E-state index contributed by atoms with van der Waals surface area (Å²) in [6, 6.07) is 0. The van der Waals surface area contributed by atoms with Crippen LogP contribution < -0.4 is 0 Å². The molecule has 22 heavy (non-hydrogen) atoms. The second-order valence-corrected chi connectivity index (χ2v) is 8.75. The van der Waals surface area contributed by atoms with Gasteiger partial charge in [0.2, 0.25) is 0 Å². The average molecular weight is 302 g/mol. The van der Waals surface area contributed by atoms with Crippen molar-refractivity contribution in [2.75, 3.05) is 7.11 Å². The first-order valence-corrected chi connectivity index (χ1v) is 9.27. The van der Waals surface area contributed by atoms with Gasteiger partial charge in [0.05, 0.1) is 0 Å². The second kappa shape index (κ2) is 4.93. The molecule has 0 aliphatic heterocycles. The van der Waals surface area contributed by atoms with Gasteiger partial charge in [0.25, 0.3) is 0 Å². The third-order valence-corrected chi connectivity index (χ3v) is 8.02. The molecule has 0 aromatic carbocycles. The van der Waals surface area contributed by atoms with Gasteiger partial charge >= 0.3 is 0 Å². The summed E-state index contributed by atoms with van der Waals surface area (Å²) in [6.07, 6.45) is 12.4. The van der Waals surface area contributed by atoms with Crippen LogP contribution in [0.2, 0.25) is 0 Å². The molecule has 4 aliphatic carbocycles. The zero-order valence-electron chi connectivity index (χ0n) is 14.4. The minimum Gasteiger partial charge on any atom is -0.374 e. The number of methoxy groups -OCH3 is 1. The van der Waals surface area contributed by atoms with Gasteiger partial charge in [0, 0.05) is 12.5 Å². The largest absolute Gasteiger partial charge is 0.374 e. The molecule has 3 saturated carbocycles. The highest BCUT2D eigenvalue weighted by Gasteiger charge is 2.60. The number of carbonyl (C=O) groups is 1. The quantitative estimate of drug-likeness (QED) is 0.665. The van der Waals surface area contributed by atoms with E-state index >= 15 is 0 Å². The molecule has 0 aromatic heterocycles. The van der Waals surface area contributed by atoms with Crippen LogP contribution in [-0.4, -0.2) is 19.0 Å². The van der Waals surface area contributed by atoms with E-state index in [1.807, 2.05) is 0 Å². The zero-order valence-corrected chi connectivity index (χ0v) is 14.4. The van der Waals surface area contributed by atoms with Gasteiger partial charge in [-0.2, -0.15) is 0 Å². The Labute approximate surface area is 134 Å². The van der Waals surface area contributed by atoms with Crippen molar-refractivity contribution < 1.29 is 9.53 Å². The van der Waals surface area contributed by atoms with E-state index < -0.39 is 0 Å². The summed E-state index contributed by atoms with van der Waals surface area (Å²) in [5, 5.41) is 0. The van der Waals surface area contributed by atoms with Crippen LogP contribution in [0, 0.1) is 28.6 Å². The lowest BCUT2D eigenvalue weighted by molar-refractivity contribution is -0.137. The molecule has 0 radical (unpaired) electrons. The molecule has 0 bridgehead atoms. The van der Waals surface area contributed by atoms with Crippen molar-refractivity contribution in [2.45, 2.75) is 71.3 Å². The predicted molar refractivity (Wildman–Crippen MR) is 87.5 cm³/mol. The van der Waals surface area contributed by atoms with E-state index in [-0.39, 0.29) is 11.5 Å². The number of carbonyl (C=O) groups excluding carboxylic acids is 1.